The molecule has 1 rings (SSSR count). The third kappa shape index (κ3) is 11.3. The molecule has 0 saturated carbocycles. The van der Waals surface area contributed by atoms with E-state index in [0.717, 1.165) is 0 Å². The predicted octanol–water partition coefficient (Wildman–Crippen LogP) is 1.86. The second kappa shape index (κ2) is 11.4. The van der Waals surface area contributed by atoms with Crippen molar-refractivity contribution in [3.63, 3.8) is 0 Å². The van der Waals surface area contributed by atoms with Crippen LogP contribution in [-0.4, -0.2) is 38.3 Å². The zero-order chi connectivity index (χ0) is 23.4. The summed E-state index contributed by atoms with van der Waals surface area (Å²) < 4.78 is 79.2. The summed E-state index contributed by atoms with van der Waals surface area (Å²) in [5, 5.41) is 9.56. The Morgan fingerprint density at radius 2 is 1.57 bits per heavy atom. The Labute approximate surface area is 170 Å². The van der Waals surface area contributed by atoms with Gasteiger partial charge in [0, 0.05) is 12.0 Å². The summed E-state index contributed by atoms with van der Waals surface area (Å²) >= 11 is 0. The van der Waals surface area contributed by atoms with Gasteiger partial charge in [0.2, 0.25) is 0 Å². The summed E-state index contributed by atoms with van der Waals surface area (Å²) in [4.78, 5) is 0. The van der Waals surface area contributed by atoms with Crippen molar-refractivity contribution in [2.45, 2.75) is 5.51 Å². The average Bonchev–Trinajstić information content (AvgIpc) is 3.01. The SMILES string of the molecule is C=C=C=C=C=C=C=C=C=C=C(O)n1cc[n+](C)c1.CS(=O)(=O)[N-]S(=O)(=O)C(F)(F)F. The lowest BCUT2D eigenvalue weighted by molar-refractivity contribution is -0.670. The summed E-state index contributed by atoms with van der Waals surface area (Å²) in [5.41, 5.74) is 16.5. The Hall–Kier alpha value is -3.58. The fourth-order valence-electron chi connectivity index (χ4n) is 1.15. The van der Waals surface area contributed by atoms with Crippen LogP contribution in [0.15, 0.2) is 76.9 Å². The van der Waals surface area contributed by atoms with Crippen molar-refractivity contribution < 1.29 is 39.7 Å². The molecule has 0 aliphatic heterocycles. The highest BCUT2D eigenvalue weighted by atomic mass is 32.3. The van der Waals surface area contributed by atoms with Crippen molar-refractivity contribution in [3.8, 4) is 0 Å². The van der Waals surface area contributed by atoms with Crippen molar-refractivity contribution in [2.24, 2.45) is 7.05 Å². The normalized spacial score (nSPS) is 9.90. The molecule has 1 heterocycles. The summed E-state index contributed by atoms with van der Waals surface area (Å²) in [6, 6.07) is 0. The van der Waals surface area contributed by atoms with E-state index < -0.39 is 25.6 Å². The Kier molecular flexibility index (Phi) is 10.1. The number of hydrogen-bond donors (Lipinski definition) is 1. The molecule has 0 unspecified atom stereocenters. The van der Waals surface area contributed by atoms with Crippen molar-refractivity contribution in [3.05, 3.63) is 81.0 Å². The Balaban J connectivity index is 0.000000612. The number of aliphatic hydroxyl groups excluding tert-OH is 1. The number of alkyl halides is 3. The molecular formula is C17H12F3N3O5S2. The quantitative estimate of drug-likeness (QED) is 0.421. The molecule has 0 bridgehead atoms. The maximum atomic E-state index is 11.4. The van der Waals surface area contributed by atoms with Gasteiger partial charge in [0.1, 0.15) is 12.4 Å². The maximum Gasteiger partial charge on any atom is 0.480 e. The first kappa shape index (κ1) is 26.4. The molecular weight excluding hydrogens is 447 g/mol. The van der Waals surface area contributed by atoms with Crippen LogP contribution in [0, 0.1) is 0 Å². The lowest BCUT2D eigenvalue weighted by Gasteiger charge is -2.19. The van der Waals surface area contributed by atoms with Gasteiger partial charge in [-0.3, -0.25) is 0 Å². The van der Waals surface area contributed by atoms with Gasteiger partial charge in [0.25, 0.3) is 6.33 Å². The van der Waals surface area contributed by atoms with E-state index in [0.29, 0.717) is 0 Å². The van der Waals surface area contributed by atoms with Gasteiger partial charge in [-0.15, -0.1) is 0 Å². The third-order valence-corrected chi connectivity index (χ3v) is 4.63. The van der Waals surface area contributed by atoms with Gasteiger partial charge in [-0.2, -0.15) is 17.7 Å². The molecule has 0 aliphatic carbocycles. The highest BCUT2D eigenvalue weighted by Crippen LogP contribution is 2.29. The van der Waals surface area contributed by atoms with E-state index in [-0.39, 0.29) is 12.1 Å². The number of aliphatic hydroxyl groups is 1. The number of aromatic nitrogens is 2. The summed E-state index contributed by atoms with van der Waals surface area (Å²) in [6.07, 6.45) is 5.39. The monoisotopic (exact) mass is 459 g/mol. The standard InChI is InChI=1S/C15H8N2O.C2H3F3NO4S2/c1-3-4-5-6-7-8-9-10-11-15(18)17-13-12-16(2)14-17;1-11(7,8)6-12(9,10)2(3,4)5/h12-14H,1H2,2H3;1H3/q;-1/p+1. The number of nitrogens with zero attached hydrogens (tertiary/aromatic N) is 3. The summed E-state index contributed by atoms with van der Waals surface area (Å²) in [7, 11) is -8.62. The van der Waals surface area contributed by atoms with Gasteiger partial charge in [-0.05, 0) is 46.7 Å². The highest BCUT2D eigenvalue weighted by molar-refractivity contribution is 8.12. The van der Waals surface area contributed by atoms with E-state index in [2.05, 4.69) is 58.2 Å². The second-order valence-corrected chi connectivity index (χ2v) is 8.19. The van der Waals surface area contributed by atoms with Crippen molar-refractivity contribution >= 4 is 25.9 Å². The Bertz CT molecular complexity index is 1350. The van der Waals surface area contributed by atoms with E-state index in [9.17, 15) is 35.1 Å². The van der Waals surface area contributed by atoms with Crippen LogP contribution in [0.1, 0.15) is 0 Å². The van der Waals surface area contributed by atoms with Gasteiger partial charge in [0.15, 0.2) is 10.0 Å². The Morgan fingerprint density at radius 3 is 1.93 bits per heavy atom. The molecule has 30 heavy (non-hydrogen) atoms. The smallest absolute Gasteiger partial charge is 0.471 e. The number of sulfonamides is 2. The molecule has 8 nitrogen and oxygen atoms in total. The first-order valence-electron chi connectivity index (χ1n) is 7.08. The van der Waals surface area contributed by atoms with Gasteiger partial charge in [-0.25, -0.2) is 21.4 Å². The van der Waals surface area contributed by atoms with Gasteiger partial charge < -0.3 is 9.23 Å². The van der Waals surface area contributed by atoms with Crippen molar-refractivity contribution in [1.82, 2.24) is 4.57 Å². The zero-order valence-corrected chi connectivity index (χ0v) is 16.9. The molecule has 0 atom stereocenters. The van der Waals surface area contributed by atoms with Crippen LogP contribution in [0.2, 0.25) is 0 Å². The minimum Gasteiger partial charge on any atom is -0.471 e. The molecule has 1 aromatic rings. The fraction of sp³-hybridized carbons (Fsp3) is 0.176. The molecule has 1 aromatic heterocycles. The van der Waals surface area contributed by atoms with Crippen LogP contribution in [-0.2, 0) is 27.1 Å². The molecule has 0 spiro atoms. The summed E-state index contributed by atoms with van der Waals surface area (Å²) in [6.45, 7) is 3.30. The van der Waals surface area contributed by atoms with Crippen molar-refractivity contribution in [1.29, 1.82) is 0 Å². The van der Waals surface area contributed by atoms with Crippen LogP contribution >= 0.6 is 0 Å². The molecule has 0 radical (unpaired) electrons. The van der Waals surface area contributed by atoms with Crippen LogP contribution < -0.4 is 4.57 Å². The molecule has 0 fully saturated rings. The summed E-state index contributed by atoms with van der Waals surface area (Å²) in [5.74, 6) is -0.0982. The van der Waals surface area contributed by atoms with Crippen LogP contribution in [0.4, 0.5) is 13.2 Å². The van der Waals surface area contributed by atoms with Gasteiger partial charge in [0.05, 0.1) is 17.1 Å². The maximum absolute atomic E-state index is 11.4. The van der Waals surface area contributed by atoms with Gasteiger partial charge in [-0.1, -0.05) is 5.73 Å². The average molecular weight is 459 g/mol. The lowest BCUT2D eigenvalue weighted by atomic mass is 10.6. The first-order chi connectivity index (χ1) is 13.7. The highest BCUT2D eigenvalue weighted by Gasteiger charge is 2.39. The van der Waals surface area contributed by atoms with E-state index >= 15 is 0 Å². The number of halogens is 3. The number of aryl methyl sites for hydroxylation is 1. The van der Waals surface area contributed by atoms with E-state index in [1.807, 2.05) is 7.05 Å². The molecule has 0 aliphatic rings. The minimum absolute atomic E-state index is 0.0982. The topological polar surface area (TPSA) is 111 Å². The Morgan fingerprint density at radius 1 is 1.07 bits per heavy atom. The number of hydrogen-bond acceptors (Lipinski definition) is 5. The predicted molar refractivity (Wildman–Crippen MR) is 98.4 cm³/mol. The van der Waals surface area contributed by atoms with E-state index in [4.69, 9.17) is 0 Å². The number of imidazole rings is 1. The molecule has 0 saturated heterocycles. The van der Waals surface area contributed by atoms with Crippen molar-refractivity contribution in [2.75, 3.05) is 6.26 Å². The van der Waals surface area contributed by atoms with Crippen LogP contribution in [0.5, 0.6) is 0 Å². The van der Waals surface area contributed by atoms with Crippen LogP contribution in [0.25, 0.3) is 10.0 Å². The van der Waals surface area contributed by atoms with Gasteiger partial charge >= 0.3 is 11.4 Å². The molecule has 1 N–H and O–H groups in total. The minimum atomic E-state index is -5.92. The number of rotatable bonds is 3. The zero-order valence-electron chi connectivity index (χ0n) is 15.3. The first-order valence-corrected chi connectivity index (χ1v) is 10.4. The molecule has 0 amide bonds. The van der Waals surface area contributed by atoms with E-state index in [1.165, 1.54) is 4.57 Å². The lowest BCUT2D eigenvalue weighted by Crippen LogP contribution is -2.23. The van der Waals surface area contributed by atoms with Crippen LogP contribution in [0.3, 0.4) is 0 Å². The van der Waals surface area contributed by atoms with E-state index in [1.54, 1.807) is 27.4 Å². The molecule has 0 aromatic carbocycles. The fourth-order valence-corrected chi connectivity index (χ4v) is 2.91. The second-order valence-electron chi connectivity index (χ2n) is 4.72. The molecule has 158 valence electrons. The third-order valence-electron chi connectivity index (χ3n) is 2.18. The largest absolute Gasteiger partial charge is 0.480 e. The molecule has 13 heteroatoms.